The van der Waals surface area contributed by atoms with Crippen molar-refractivity contribution in [1.82, 2.24) is 9.21 Å². The van der Waals surface area contributed by atoms with Crippen LogP contribution in [-0.4, -0.2) is 67.0 Å². The van der Waals surface area contributed by atoms with Crippen molar-refractivity contribution in [3.8, 4) is 0 Å². The highest BCUT2D eigenvalue weighted by Crippen LogP contribution is 2.28. The van der Waals surface area contributed by atoms with E-state index < -0.39 is 27.8 Å². The third-order valence-electron chi connectivity index (χ3n) is 4.09. The lowest BCUT2D eigenvalue weighted by Crippen LogP contribution is -2.52. The highest BCUT2D eigenvalue weighted by Gasteiger charge is 2.37. The molecule has 0 aromatic heterocycles. The van der Waals surface area contributed by atoms with Crippen LogP contribution in [0.1, 0.15) is 12.8 Å². The summed E-state index contributed by atoms with van der Waals surface area (Å²) in [6.45, 7) is 1.17. The number of carboxylic acid groups (broad SMARTS) is 1. The Morgan fingerprint density at radius 2 is 1.57 bits per heavy atom. The molecule has 0 aromatic carbocycles. The molecule has 1 fully saturated rings. The Kier molecular flexibility index (Phi) is 4.67. The molecule has 118 valence electrons. The monoisotopic (exact) mass is 316 g/mol. The van der Waals surface area contributed by atoms with Crippen molar-refractivity contribution in [1.29, 1.82) is 0 Å². The summed E-state index contributed by atoms with van der Waals surface area (Å²) in [5, 5.41) is 9.21. The van der Waals surface area contributed by atoms with Gasteiger partial charge in [0.15, 0.2) is 0 Å². The predicted octanol–water partition coefficient (Wildman–Crippen LogP) is -0.243. The van der Waals surface area contributed by atoms with E-state index in [0.29, 0.717) is 25.9 Å². The zero-order valence-corrected chi connectivity index (χ0v) is 12.8. The second-order valence-electron chi connectivity index (χ2n) is 5.48. The quantitative estimate of drug-likeness (QED) is 0.725. The van der Waals surface area contributed by atoms with Crippen molar-refractivity contribution < 1.29 is 23.1 Å². The van der Waals surface area contributed by atoms with Gasteiger partial charge in [-0.15, -0.1) is 0 Å². The van der Waals surface area contributed by atoms with Crippen molar-refractivity contribution in [2.45, 2.75) is 12.8 Å². The minimum Gasteiger partial charge on any atom is -0.481 e. The van der Waals surface area contributed by atoms with Gasteiger partial charge in [0.1, 0.15) is 0 Å². The number of sulfonamides is 1. The highest BCUT2D eigenvalue weighted by atomic mass is 32.2. The second-order valence-corrected chi connectivity index (χ2v) is 7.46. The van der Waals surface area contributed by atoms with Gasteiger partial charge < -0.3 is 10.0 Å². The van der Waals surface area contributed by atoms with Crippen molar-refractivity contribution in [2.75, 3.05) is 32.4 Å². The molecule has 21 heavy (non-hydrogen) atoms. The maximum atomic E-state index is 12.5. The van der Waals surface area contributed by atoms with Gasteiger partial charge in [-0.25, -0.2) is 8.42 Å². The van der Waals surface area contributed by atoms with Gasteiger partial charge >= 0.3 is 5.97 Å². The molecule has 8 heteroatoms. The third-order valence-corrected chi connectivity index (χ3v) is 5.39. The molecule has 0 radical (unpaired) electrons. The molecule has 0 bridgehead atoms. The minimum absolute atomic E-state index is 0.181. The molecule has 1 aliphatic heterocycles. The van der Waals surface area contributed by atoms with Gasteiger partial charge in [0.05, 0.1) is 18.1 Å². The predicted molar refractivity (Wildman–Crippen MR) is 76.0 cm³/mol. The summed E-state index contributed by atoms with van der Waals surface area (Å²) in [5.41, 5.74) is 0. The molecule has 1 saturated heterocycles. The van der Waals surface area contributed by atoms with Gasteiger partial charge in [-0.3, -0.25) is 9.59 Å². The van der Waals surface area contributed by atoms with Crippen LogP contribution in [0, 0.1) is 11.8 Å². The zero-order chi connectivity index (χ0) is 15.6. The fraction of sp³-hybridized carbons (Fsp3) is 0.692. The van der Waals surface area contributed by atoms with Gasteiger partial charge in [0.25, 0.3) is 0 Å². The number of piperazine rings is 1. The number of nitrogens with zero attached hydrogens (tertiary/aromatic N) is 2. The summed E-state index contributed by atoms with van der Waals surface area (Å²) in [5.74, 6) is -2.36. The summed E-state index contributed by atoms with van der Waals surface area (Å²) in [7, 11) is -3.23. The fourth-order valence-corrected chi connectivity index (χ4v) is 3.66. The molecule has 0 saturated carbocycles. The lowest BCUT2D eigenvalue weighted by molar-refractivity contribution is -0.151. The SMILES string of the molecule is CS(=O)(=O)N1CCN(C(=O)C2CC=CCC2C(=O)O)CC1. The first-order chi connectivity index (χ1) is 9.80. The normalized spacial score (nSPS) is 27.6. The molecule has 1 N–H and O–H groups in total. The average molecular weight is 316 g/mol. The molecule has 7 nitrogen and oxygen atoms in total. The number of amides is 1. The van der Waals surface area contributed by atoms with E-state index in [1.165, 1.54) is 4.31 Å². The number of carbonyl (C=O) groups excluding carboxylic acids is 1. The molecular formula is C13H20N2O5S. The van der Waals surface area contributed by atoms with Crippen LogP contribution < -0.4 is 0 Å². The van der Waals surface area contributed by atoms with Crippen molar-refractivity contribution in [2.24, 2.45) is 11.8 Å². The summed E-state index contributed by atoms with van der Waals surface area (Å²) in [4.78, 5) is 25.3. The van der Waals surface area contributed by atoms with Gasteiger partial charge in [0, 0.05) is 26.2 Å². The largest absolute Gasteiger partial charge is 0.481 e. The van der Waals surface area contributed by atoms with Gasteiger partial charge in [0.2, 0.25) is 15.9 Å². The smallest absolute Gasteiger partial charge is 0.307 e. The number of hydrogen-bond acceptors (Lipinski definition) is 4. The zero-order valence-electron chi connectivity index (χ0n) is 11.9. The van der Waals surface area contributed by atoms with Crippen LogP contribution in [-0.2, 0) is 19.6 Å². The van der Waals surface area contributed by atoms with E-state index in [1.54, 1.807) is 11.0 Å². The number of carbonyl (C=O) groups is 2. The Morgan fingerprint density at radius 1 is 1.05 bits per heavy atom. The Labute approximate surface area is 124 Å². The van der Waals surface area contributed by atoms with Crippen LogP contribution in [0.5, 0.6) is 0 Å². The molecule has 2 rings (SSSR count). The lowest BCUT2D eigenvalue weighted by atomic mass is 9.82. The first-order valence-electron chi connectivity index (χ1n) is 6.92. The average Bonchev–Trinajstić information content (AvgIpc) is 2.45. The van der Waals surface area contributed by atoms with Crippen LogP contribution in [0.3, 0.4) is 0 Å². The molecule has 1 amide bonds. The standard InChI is InChI=1S/C13H20N2O5S/c1-21(19,20)15-8-6-14(7-9-15)12(16)10-4-2-3-5-11(10)13(17)18/h2-3,10-11H,4-9H2,1H3,(H,17,18). The maximum Gasteiger partial charge on any atom is 0.307 e. The minimum atomic E-state index is -3.23. The summed E-state index contributed by atoms with van der Waals surface area (Å²) < 4.78 is 24.2. The molecule has 1 aliphatic carbocycles. The molecule has 2 atom stereocenters. The third kappa shape index (κ3) is 3.62. The summed E-state index contributed by atoms with van der Waals surface area (Å²) in [6, 6.07) is 0. The van der Waals surface area contributed by atoms with Crippen molar-refractivity contribution >= 4 is 21.9 Å². The number of rotatable bonds is 3. The van der Waals surface area contributed by atoms with E-state index in [4.69, 9.17) is 0 Å². The molecular weight excluding hydrogens is 296 g/mol. The van der Waals surface area contributed by atoms with Gasteiger partial charge in [-0.1, -0.05) is 12.2 Å². The Balaban J connectivity index is 2.01. The number of carboxylic acids is 1. The molecule has 0 spiro atoms. The van der Waals surface area contributed by atoms with Crippen LogP contribution in [0.15, 0.2) is 12.2 Å². The van der Waals surface area contributed by atoms with Crippen molar-refractivity contribution in [3.05, 3.63) is 12.2 Å². The topological polar surface area (TPSA) is 95.0 Å². The van der Waals surface area contributed by atoms with E-state index in [2.05, 4.69) is 0 Å². The van der Waals surface area contributed by atoms with Gasteiger partial charge in [-0.2, -0.15) is 4.31 Å². The first kappa shape index (κ1) is 16.0. The highest BCUT2D eigenvalue weighted by molar-refractivity contribution is 7.88. The molecule has 2 aliphatic rings. The fourth-order valence-electron chi connectivity index (χ4n) is 2.83. The molecule has 0 aromatic rings. The Bertz CT molecular complexity index is 549. The molecule has 2 unspecified atom stereocenters. The number of allylic oxidation sites excluding steroid dienone is 2. The summed E-state index contributed by atoms with van der Waals surface area (Å²) in [6.07, 6.45) is 5.59. The molecule has 1 heterocycles. The maximum absolute atomic E-state index is 12.5. The van der Waals surface area contributed by atoms with E-state index in [1.807, 2.05) is 6.08 Å². The van der Waals surface area contributed by atoms with Crippen LogP contribution in [0.2, 0.25) is 0 Å². The van der Waals surface area contributed by atoms with E-state index in [-0.39, 0.29) is 19.0 Å². The van der Waals surface area contributed by atoms with Gasteiger partial charge in [-0.05, 0) is 12.8 Å². The van der Waals surface area contributed by atoms with E-state index in [0.717, 1.165) is 6.26 Å². The first-order valence-corrected chi connectivity index (χ1v) is 8.77. The Morgan fingerprint density at radius 3 is 2.05 bits per heavy atom. The van der Waals surface area contributed by atoms with Crippen LogP contribution in [0.25, 0.3) is 0 Å². The Hall–Kier alpha value is -1.41. The second kappa shape index (κ2) is 6.15. The number of hydrogen-bond donors (Lipinski definition) is 1. The summed E-state index contributed by atoms with van der Waals surface area (Å²) >= 11 is 0. The van der Waals surface area contributed by atoms with Crippen LogP contribution >= 0.6 is 0 Å². The van der Waals surface area contributed by atoms with E-state index >= 15 is 0 Å². The van der Waals surface area contributed by atoms with Crippen molar-refractivity contribution in [3.63, 3.8) is 0 Å². The van der Waals surface area contributed by atoms with Crippen LogP contribution in [0.4, 0.5) is 0 Å². The lowest BCUT2D eigenvalue weighted by Gasteiger charge is -2.36. The van der Waals surface area contributed by atoms with E-state index in [9.17, 15) is 23.1 Å². The number of aliphatic carboxylic acids is 1.